The Morgan fingerprint density at radius 2 is 1.93 bits per heavy atom. The van der Waals surface area contributed by atoms with Crippen molar-refractivity contribution in [3.8, 4) is 0 Å². The first kappa shape index (κ1) is 18.3. The molecule has 1 fully saturated rings. The van der Waals surface area contributed by atoms with Crippen molar-refractivity contribution in [3.63, 3.8) is 0 Å². The van der Waals surface area contributed by atoms with Crippen molar-refractivity contribution in [1.82, 2.24) is 15.2 Å². The lowest BCUT2D eigenvalue weighted by molar-refractivity contribution is -0.129. The van der Waals surface area contributed by atoms with Gasteiger partial charge in [-0.15, -0.1) is 0 Å². The van der Waals surface area contributed by atoms with Crippen LogP contribution >= 0.6 is 0 Å². The Kier molecular flexibility index (Phi) is 5.15. The number of para-hydroxylation sites is 1. The predicted molar refractivity (Wildman–Crippen MR) is 110 cm³/mol. The first-order chi connectivity index (χ1) is 13.6. The number of nitrogens with one attached hydrogen (secondary N) is 2. The molecule has 4 rings (SSSR count). The topological polar surface area (TPSA) is 65.2 Å². The normalized spacial score (nSPS) is 16.7. The summed E-state index contributed by atoms with van der Waals surface area (Å²) in [4.78, 5) is 30.0. The molecule has 0 aliphatic carbocycles. The second-order valence-electron chi connectivity index (χ2n) is 7.50. The lowest BCUT2D eigenvalue weighted by Crippen LogP contribution is -2.34. The van der Waals surface area contributed by atoms with Crippen molar-refractivity contribution in [3.05, 3.63) is 71.4 Å². The first-order valence-corrected chi connectivity index (χ1v) is 9.77. The average molecular weight is 375 g/mol. The third kappa shape index (κ3) is 3.79. The third-order valence-electron chi connectivity index (χ3n) is 5.58. The number of carbonyl (C=O) groups excluding carboxylic acids is 2. The summed E-state index contributed by atoms with van der Waals surface area (Å²) in [5.41, 5.74) is 4.61. The molecule has 1 aliphatic heterocycles. The number of aryl methyl sites for hydroxylation is 1. The molecule has 0 spiro atoms. The molecule has 2 heterocycles. The van der Waals surface area contributed by atoms with Crippen molar-refractivity contribution in [2.45, 2.75) is 26.3 Å². The van der Waals surface area contributed by atoms with Crippen LogP contribution in [0.2, 0.25) is 0 Å². The molecule has 1 aliphatic rings. The number of H-pyrrole nitrogens is 1. The summed E-state index contributed by atoms with van der Waals surface area (Å²) >= 11 is 0. The number of amides is 2. The number of carbonyl (C=O) groups is 2. The van der Waals surface area contributed by atoms with Crippen LogP contribution in [-0.4, -0.2) is 34.8 Å². The molecule has 1 atom stereocenters. The van der Waals surface area contributed by atoms with Crippen LogP contribution in [0.3, 0.4) is 0 Å². The van der Waals surface area contributed by atoms with E-state index in [0.29, 0.717) is 26.1 Å². The smallest absolute Gasteiger partial charge is 0.225 e. The minimum atomic E-state index is -0.264. The van der Waals surface area contributed by atoms with Gasteiger partial charge in [-0.3, -0.25) is 9.59 Å². The van der Waals surface area contributed by atoms with Gasteiger partial charge in [0.25, 0.3) is 0 Å². The number of hydrogen-bond donors (Lipinski definition) is 2. The quantitative estimate of drug-likeness (QED) is 0.695. The molecule has 3 aromatic rings. The van der Waals surface area contributed by atoms with Gasteiger partial charge in [-0.25, -0.2) is 0 Å². The average Bonchev–Trinajstić information content (AvgIpc) is 3.28. The first-order valence-electron chi connectivity index (χ1n) is 9.77. The van der Waals surface area contributed by atoms with E-state index in [1.165, 1.54) is 16.5 Å². The zero-order valence-corrected chi connectivity index (χ0v) is 16.1. The van der Waals surface area contributed by atoms with Crippen LogP contribution in [0, 0.1) is 12.8 Å². The van der Waals surface area contributed by atoms with Crippen molar-refractivity contribution in [1.29, 1.82) is 0 Å². The van der Waals surface area contributed by atoms with Crippen molar-refractivity contribution in [2.24, 2.45) is 5.92 Å². The Balaban J connectivity index is 1.30. The highest BCUT2D eigenvalue weighted by Crippen LogP contribution is 2.22. The molecule has 0 bridgehead atoms. The number of nitrogens with zero attached hydrogens (tertiary/aromatic N) is 1. The van der Waals surface area contributed by atoms with E-state index in [0.717, 1.165) is 17.5 Å². The molecule has 144 valence electrons. The number of likely N-dealkylation sites (tertiary alicyclic amines) is 1. The maximum Gasteiger partial charge on any atom is 0.225 e. The zero-order chi connectivity index (χ0) is 19.5. The Morgan fingerprint density at radius 1 is 1.14 bits per heavy atom. The molecule has 2 N–H and O–H groups in total. The fourth-order valence-electron chi connectivity index (χ4n) is 3.90. The fraction of sp³-hybridized carbons (Fsp3) is 0.304. The van der Waals surface area contributed by atoms with E-state index in [1.54, 1.807) is 4.90 Å². The number of aromatic nitrogens is 1. The van der Waals surface area contributed by atoms with E-state index in [9.17, 15) is 9.59 Å². The second-order valence-corrected chi connectivity index (χ2v) is 7.50. The maximum absolute atomic E-state index is 12.6. The SMILES string of the molecule is Cc1ccccc1CN1CC(C(=O)NCCc2c[nH]c3ccccc23)CC1=O. The number of aromatic amines is 1. The molecular weight excluding hydrogens is 350 g/mol. The van der Waals surface area contributed by atoms with E-state index >= 15 is 0 Å². The number of rotatable bonds is 6. The van der Waals surface area contributed by atoms with Gasteiger partial charge in [0.1, 0.15) is 0 Å². The summed E-state index contributed by atoms with van der Waals surface area (Å²) in [7, 11) is 0. The summed E-state index contributed by atoms with van der Waals surface area (Å²) in [6.07, 6.45) is 3.06. The Bertz CT molecular complexity index is 1010. The monoisotopic (exact) mass is 375 g/mol. The van der Waals surface area contributed by atoms with Gasteiger partial charge in [0.15, 0.2) is 0 Å². The number of fused-ring (bicyclic) bond motifs is 1. The summed E-state index contributed by atoms with van der Waals surface area (Å²) < 4.78 is 0. The van der Waals surface area contributed by atoms with Crippen LogP contribution in [0.4, 0.5) is 0 Å². The molecule has 1 saturated heterocycles. The van der Waals surface area contributed by atoms with Gasteiger partial charge < -0.3 is 15.2 Å². The summed E-state index contributed by atoms with van der Waals surface area (Å²) in [5, 5.41) is 4.20. The fourth-order valence-corrected chi connectivity index (χ4v) is 3.90. The Labute approximate surface area is 164 Å². The zero-order valence-electron chi connectivity index (χ0n) is 16.1. The van der Waals surface area contributed by atoms with Crippen molar-refractivity contribution in [2.75, 3.05) is 13.1 Å². The largest absolute Gasteiger partial charge is 0.361 e. The van der Waals surface area contributed by atoms with E-state index in [2.05, 4.69) is 16.4 Å². The van der Waals surface area contributed by atoms with Crippen LogP contribution in [0.1, 0.15) is 23.1 Å². The van der Waals surface area contributed by atoms with Crippen LogP contribution < -0.4 is 5.32 Å². The Morgan fingerprint density at radius 3 is 2.79 bits per heavy atom. The highest BCUT2D eigenvalue weighted by atomic mass is 16.2. The molecule has 28 heavy (non-hydrogen) atoms. The van der Waals surface area contributed by atoms with Crippen molar-refractivity contribution >= 4 is 22.7 Å². The van der Waals surface area contributed by atoms with Gasteiger partial charge in [0.05, 0.1) is 5.92 Å². The van der Waals surface area contributed by atoms with Crippen LogP contribution in [0.25, 0.3) is 10.9 Å². The highest BCUT2D eigenvalue weighted by molar-refractivity contribution is 5.89. The molecule has 1 aromatic heterocycles. The molecular formula is C23H25N3O2. The Hall–Kier alpha value is -3.08. The van der Waals surface area contributed by atoms with Gasteiger partial charge in [0, 0.05) is 43.2 Å². The van der Waals surface area contributed by atoms with Crippen LogP contribution in [-0.2, 0) is 22.6 Å². The van der Waals surface area contributed by atoms with Gasteiger partial charge in [-0.2, -0.15) is 0 Å². The van der Waals surface area contributed by atoms with Gasteiger partial charge in [-0.05, 0) is 36.1 Å². The molecule has 2 aromatic carbocycles. The molecule has 0 radical (unpaired) electrons. The van der Waals surface area contributed by atoms with Gasteiger partial charge in [0.2, 0.25) is 11.8 Å². The standard InChI is InChI=1S/C23H25N3O2/c1-16-6-2-3-7-18(16)14-26-15-19(12-22(26)27)23(28)24-11-10-17-13-25-21-9-5-4-8-20(17)21/h2-9,13,19,25H,10-12,14-15H2,1H3,(H,24,28). The van der Waals surface area contributed by atoms with Crippen LogP contribution in [0.15, 0.2) is 54.7 Å². The predicted octanol–water partition coefficient (Wildman–Crippen LogP) is 3.18. The van der Waals surface area contributed by atoms with Crippen LogP contribution in [0.5, 0.6) is 0 Å². The highest BCUT2D eigenvalue weighted by Gasteiger charge is 2.34. The molecule has 5 heteroatoms. The summed E-state index contributed by atoms with van der Waals surface area (Å²) in [6.45, 7) is 3.69. The molecule has 2 amide bonds. The molecule has 5 nitrogen and oxygen atoms in total. The van der Waals surface area contributed by atoms with E-state index in [4.69, 9.17) is 0 Å². The van der Waals surface area contributed by atoms with Gasteiger partial charge >= 0.3 is 0 Å². The minimum absolute atomic E-state index is 0.0273. The van der Waals surface area contributed by atoms with E-state index < -0.39 is 0 Å². The third-order valence-corrected chi connectivity index (χ3v) is 5.58. The summed E-state index contributed by atoms with van der Waals surface area (Å²) in [6, 6.07) is 16.2. The van der Waals surface area contributed by atoms with E-state index in [-0.39, 0.29) is 17.7 Å². The molecule has 0 saturated carbocycles. The summed E-state index contributed by atoms with van der Waals surface area (Å²) in [5.74, 6) is -0.236. The number of hydrogen-bond acceptors (Lipinski definition) is 2. The minimum Gasteiger partial charge on any atom is -0.361 e. The van der Waals surface area contributed by atoms with Gasteiger partial charge in [-0.1, -0.05) is 42.5 Å². The molecule has 1 unspecified atom stereocenters. The number of benzene rings is 2. The lowest BCUT2D eigenvalue weighted by atomic mass is 10.1. The lowest BCUT2D eigenvalue weighted by Gasteiger charge is -2.18. The second kappa shape index (κ2) is 7.89. The van der Waals surface area contributed by atoms with E-state index in [1.807, 2.05) is 55.6 Å². The maximum atomic E-state index is 12.6. The van der Waals surface area contributed by atoms with Crippen molar-refractivity contribution < 1.29 is 9.59 Å².